The highest BCUT2D eigenvalue weighted by atomic mass is 16.5. The molecule has 0 spiro atoms. The molecule has 0 aliphatic rings. The Labute approximate surface area is 125 Å². The maximum Gasteiger partial charge on any atom is 0.141 e. The Morgan fingerprint density at radius 3 is 2.43 bits per heavy atom. The van der Waals surface area contributed by atoms with Crippen LogP contribution in [0.1, 0.15) is 13.8 Å². The smallest absolute Gasteiger partial charge is 0.141 e. The topological polar surface area (TPSA) is 27.1 Å². The molecule has 0 aliphatic carbocycles. The van der Waals surface area contributed by atoms with Crippen LogP contribution in [0, 0.1) is 5.92 Å². The van der Waals surface area contributed by atoms with Crippen LogP contribution in [0.2, 0.25) is 0 Å². The van der Waals surface area contributed by atoms with Crippen molar-refractivity contribution in [2.24, 2.45) is 5.92 Å². The number of methoxy groups -OCH3 is 1. The summed E-state index contributed by atoms with van der Waals surface area (Å²) in [5.74, 6) is 2.46. The van der Waals surface area contributed by atoms with E-state index in [1.54, 1.807) is 7.11 Å². The molecule has 0 unspecified atom stereocenters. The molecule has 21 heavy (non-hydrogen) atoms. The molecule has 3 nitrogen and oxygen atoms in total. The molecule has 3 heteroatoms. The Hall–Kier alpha value is -2.29. The second-order valence-electron chi connectivity index (χ2n) is 5.66. The number of fused-ring (bicyclic) bond motifs is 1. The van der Waals surface area contributed by atoms with E-state index >= 15 is 0 Å². The molecule has 0 saturated carbocycles. The van der Waals surface area contributed by atoms with Crippen molar-refractivity contribution in [3.8, 4) is 17.1 Å². The third-order valence-electron chi connectivity index (χ3n) is 3.55. The molecule has 0 saturated heterocycles. The number of ether oxygens (including phenoxy) is 1. The van der Waals surface area contributed by atoms with Crippen molar-refractivity contribution in [3.63, 3.8) is 0 Å². The zero-order valence-corrected chi connectivity index (χ0v) is 12.7. The van der Waals surface area contributed by atoms with Crippen molar-refractivity contribution in [1.82, 2.24) is 9.55 Å². The van der Waals surface area contributed by atoms with Gasteiger partial charge in [-0.05, 0) is 42.3 Å². The second-order valence-corrected chi connectivity index (χ2v) is 5.66. The molecule has 0 bridgehead atoms. The molecule has 0 atom stereocenters. The van der Waals surface area contributed by atoms with Crippen molar-refractivity contribution >= 4 is 11.0 Å². The van der Waals surface area contributed by atoms with Gasteiger partial charge < -0.3 is 9.30 Å². The Morgan fingerprint density at radius 1 is 1.05 bits per heavy atom. The van der Waals surface area contributed by atoms with Crippen LogP contribution in [-0.4, -0.2) is 16.7 Å². The normalized spacial score (nSPS) is 11.2. The fourth-order valence-electron chi connectivity index (χ4n) is 2.59. The standard InChI is InChI=1S/C18H20N2O/c1-13(2)12-20-17-7-5-4-6-16(17)19-18(20)14-8-10-15(21-3)11-9-14/h4-11,13H,12H2,1-3H3. The van der Waals surface area contributed by atoms with Gasteiger partial charge >= 0.3 is 0 Å². The third kappa shape index (κ3) is 2.64. The first-order valence-corrected chi connectivity index (χ1v) is 7.28. The van der Waals surface area contributed by atoms with Crippen LogP contribution in [0.25, 0.3) is 22.4 Å². The fourth-order valence-corrected chi connectivity index (χ4v) is 2.59. The van der Waals surface area contributed by atoms with Gasteiger partial charge in [0.05, 0.1) is 18.1 Å². The highest BCUT2D eigenvalue weighted by Gasteiger charge is 2.13. The Bertz CT molecular complexity index is 742. The Morgan fingerprint density at radius 2 is 1.76 bits per heavy atom. The van der Waals surface area contributed by atoms with E-state index in [1.165, 1.54) is 5.52 Å². The van der Waals surface area contributed by atoms with Gasteiger partial charge in [0.15, 0.2) is 0 Å². The lowest BCUT2D eigenvalue weighted by atomic mass is 10.2. The summed E-state index contributed by atoms with van der Waals surface area (Å²) in [5, 5.41) is 0. The predicted molar refractivity (Wildman–Crippen MR) is 86.6 cm³/mol. The zero-order chi connectivity index (χ0) is 14.8. The zero-order valence-electron chi connectivity index (χ0n) is 12.7. The van der Waals surface area contributed by atoms with Gasteiger partial charge in [-0.3, -0.25) is 0 Å². The fraction of sp³-hybridized carbons (Fsp3) is 0.278. The van der Waals surface area contributed by atoms with E-state index < -0.39 is 0 Å². The van der Waals surface area contributed by atoms with E-state index in [9.17, 15) is 0 Å². The monoisotopic (exact) mass is 280 g/mol. The number of hydrogen-bond acceptors (Lipinski definition) is 2. The van der Waals surface area contributed by atoms with Crippen LogP contribution in [0.4, 0.5) is 0 Å². The first-order valence-electron chi connectivity index (χ1n) is 7.28. The van der Waals surface area contributed by atoms with Crippen molar-refractivity contribution in [2.75, 3.05) is 7.11 Å². The minimum Gasteiger partial charge on any atom is -0.497 e. The molecule has 3 aromatic rings. The van der Waals surface area contributed by atoms with E-state index in [0.29, 0.717) is 5.92 Å². The average Bonchev–Trinajstić information content (AvgIpc) is 2.86. The summed E-state index contributed by atoms with van der Waals surface area (Å²) in [7, 11) is 1.68. The number of hydrogen-bond donors (Lipinski definition) is 0. The summed E-state index contributed by atoms with van der Waals surface area (Å²) < 4.78 is 7.54. The molecular formula is C18H20N2O. The molecule has 0 fully saturated rings. The van der Waals surface area contributed by atoms with E-state index in [0.717, 1.165) is 29.2 Å². The summed E-state index contributed by atoms with van der Waals surface area (Å²) in [6.45, 7) is 5.42. The quantitative estimate of drug-likeness (QED) is 0.709. The van der Waals surface area contributed by atoms with Crippen LogP contribution < -0.4 is 4.74 Å². The minimum atomic E-state index is 0.569. The highest BCUT2D eigenvalue weighted by molar-refractivity contribution is 5.80. The summed E-state index contributed by atoms with van der Waals surface area (Å²) >= 11 is 0. The number of imidazole rings is 1. The first-order chi connectivity index (χ1) is 10.2. The lowest BCUT2D eigenvalue weighted by Crippen LogP contribution is -2.06. The third-order valence-corrected chi connectivity index (χ3v) is 3.55. The number of benzene rings is 2. The molecule has 0 N–H and O–H groups in total. The van der Waals surface area contributed by atoms with E-state index in [4.69, 9.17) is 9.72 Å². The van der Waals surface area contributed by atoms with Gasteiger partial charge in [-0.25, -0.2) is 4.98 Å². The van der Waals surface area contributed by atoms with Crippen LogP contribution >= 0.6 is 0 Å². The molecule has 0 amide bonds. The van der Waals surface area contributed by atoms with Gasteiger partial charge in [-0.15, -0.1) is 0 Å². The van der Waals surface area contributed by atoms with Crippen LogP contribution in [-0.2, 0) is 6.54 Å². The molecule has 2 aromatic carbocycles. The summed E-state index contributed by atoms with van der Waals surface area (Å²) in [6, 6.07) is 16.4. The van der Waals surface area contributed by atoms with Crippen molar-refractivity contribution in [3.05, 3.63) is 48.5 Å². The van der Waals surface area contributed by atoms with Crippen molar-refractivity contribution < 1.29 is 4.74 Å². The molecule has 0 radical (unpaired) electrons. The maximum absolute atomic E-state index is 5.23. The molecule has 1 aromatic heterocycles. The van der Waals surface area contributed by atoms with Crippen LogP contribution in [0.3, 0.4) is 0 Å². The minimum absolute atomic E-state index is 0.569. The number of aromatic nitrogens is 2. The average molecular weight is 280 g/mol. The summed E-state index contributed by atoms with van der Waals surface area (Å²) in [4.78, 5) is 4.81. The first kappa shape index (κ1) is 13.7. The van der Waals surface area contributed by atoms with Gasteiger partial charge in [-0.2, -0.15) is 0 Å². The van der Waals surface area contributed by atoms with Gasteiger partial charge in [0, 0.05) is 12.1 Å². The summed E-state index contributed by atoms with van der Waals surface area (Å²) in [5.41, 5.74) is 3.36. The molecule has 1 heterocycles. The number of nitrogens with zero attached hydrogens (tertiary/aromatic N) is 2. The van der Waals surface area contributed by atoms with E-state index in [1.807, 2.05) is 18.2 Å². The number of para-hydroxylation sites is 2. The van der Waals surface area contributed by atoms with Crippen molar-refractivity contribution in [1.29, 1.82) is 0 Å². The van der Waals surface area contributed by atoms with Gasteiger partial charge in [-0.1, -0.05) is 26.0 Å². The van der Waals surface area contributed by atoms with Crippen LogP contribution in [0.5, 0.6) is 5.75 Å². The molecule has 3 rings (SSSR count). The number of rotatable bonds is 4. The summed E-state index contributed by atoms with van der Waals surface area (Å²) in [6.07, 6.45) is 0. The van der Waals surface area contributed by atoms with Gasteiger partial charge in [0.2, 0.25) is 0 Å². The van der Waals surface area contributed by atoms with Gasteiger partial charge in [0.1, 0.15) is 11.6 Å². The molecule has 108 valence electrons. The maximum atomic E-state index is 5.23. The van der Waals surface area contributed by atoms with Crippen LogP contribution in [0.15, 0.2) is 48.5 Å². The molecule has 0 aliphatic heterocycles. The molecular weight excluding hydrogens is 260 g/mol. The lowest BCUT2D eigenvalue weighted by Gasteiger charge is -2.12. The Kier molecular flexibility index (Phi) is 3.65. The van der Waals surface area contributed by atoms with E-state index in [-0.39, 0.29) is 0 Å². The Balaban J connectivity index is 2.15. The van der Waals surface area contributed by atoms with E-state index in [2.05, 4.69) is 48.7 Å². The highest BCUT2D eigenvalue weighted by Crippen LogP contribution is 2.27. The van der Waals surface area contributed by atoms with Gasteiger partial charge in [0.25, 0.3) is 0 Å². The largest absolute Gasteiger partial charge is 0.497 e. The second kappa shape index (κ2) is 5.60. The van der Waals surface area contributed by atoms with Crippen molar-refractivity contribution in [2.45, 2.75) is 20.4 Å². The lowest BCUT2D eigenvalue weighted by molar-refractivity contribution is 0.415. The predicted octanol–water partition coefficient (Wildman–Crippen LogP) is 4.37. The SMILES string of the molecule is COc1ccc(-c2nc3ccccc3n2CC(C)C)cc1.